The summed E-state index contributed by atoms with van der Waals surface area (Å²) < 4.78 is 18.3. The maximum atomic E-state index is 12.8. The summed E-state index contributed by atoms with van der Waals surface area (Å²) in [6.45, 7) is 3.36. The third kappa shape index (κ3) is 4.54. The Hall–Kier alpha value is -1.53. The summed E-state index contributed by atoms with van der Waals surface area (Å²) in [6, 6.07) is 6.17. The summed E-state index contributed by atoms with van der Waals surface area (Å²) in [6.07, 6.45) is 2.40. The lowest BCUT2D eigenvalue weighted by Gasteiger charge is -2.12. The second-order valence-electron chi connectivity index (χ2n) is 4.66. The summed E-state index contributed by atoms with van der Waals surface area (Å²) in [5.41, 5.74) is 4.37. The van der Waals surface area contributed by atoms with Crippen LogP contribution in [0.3, 0.4) is 0 Å². The standard InChI is InChI=1S/C14H18FN3OS/c1-10(11-4-6-12(15)7-5-11)17-18-14(20)16-9-13-3-2-8-19-13/h4-7,13H,2-3,8-9H2,1H3,(H2,16,18,20)/b17-10-/t13-/m1/s1. The summed E-state index contributed by atoms with van der Waals surface area (Å²) in [7, 11) is 0. The minimum absolute atomic E-state index is 0.233. The quantitative estimate of drug-likeness (QED) is 0.508. The lowest BCUT2D eigenvalue weighted by molar-refractivity contribution is 0.114. The molecule has 0 amide bonds. The van der Waals surface area contributed by atoms with E-state index in [0.29, 0.717) is 11.7 Å². The van der Waals surface area contributed by atoms with Crippen LogP contribution in [0.15, 0.2) is 29.4 Å². The van der Waals surface area contributed by atoms with Gasteiger partial charge >= 0.3 is 0 Å². The molecule has 1 aromatic carbocycles. The van der Waals surface area contributed by atoms with Gasteiger partial charge in [-0.25, -0.2) is 4.39 Å². The highest BCUT2D eigenvalue weighted by Crippen LogP contribution is 2.10. The van der Waals surface area contributed by atoms with E-state index in [1.54, 1.807) is 12.1 Å². The van der Waals surface area contributed by atoms with Gasteiger partial charge in [0.05, 0.1) is 11.8 Å². The molecule has 1 fully saturated rings. The summed E-state index contributed by atoms with van der Waals surface area (Å²) in [4.78, 5) is 0. The van der Waals surface area contributed by atoms with Gasteiger partial charge in [0.25, 0.3) is 0 Å². The second-order valence-corrected chi connectivity index (χ2v) is 5.07. The molecule has 2 rings (SSSR count). The van der Waals surface area contributed by atoms with Gasteiger partial charge in [-0.3, -0.25) is 5.43 Å². The van der Waals surface area contributed by atoms with E-state index in [2.05, 4.69) is 15.8 Å². The molecular weight excluding hydrogens is 277 g/mol. The van der Waals surface area contributed by atoms with Crippen molar-refractivity contribution >= 4 is 23.0 Å². The molecule has 0 bridgehead atoms. The first-order chi connectivity index (χ1) is 9.65. The Labute approximate surface area is 123 Å². The maximum Gasteiger partial charge on any atom is 0.187 e. The number of nitrogens with zero attached hydrogens (tertiary/aromatic N) is 1. The minimum atomic E-state index is -0.261. The van der Waals surface area contributed by atoms with Crippen molar-refractivity contribution in [1.29, 1.82) is 0 Å². The first-order valence-electron chi connectivity index (χ1n) is 6.61. The van der Waals surface area contributed by atoms with Crippen LogP contribution < -0.4 is 10.7 Å². The Balaban J connectivity index is 1.78. The van der Waals surface area contributed by atoms with E-state index in [9.17, 15) is 4.39 Å². The van der Waals surface area contributed by atoms with Gasteiger partial charge in [-0.05, 0) is 49.7 Å². The third-order valence-electron chi connectivity index (χ3n) is 3.10. The van der Waals surface area contributed by atoms with Gasteiger partial charge in [-0.2, -0.15) is 5.10 Å². The Morgan fingerprint density at radius 1 is 1.45 bits per heavy atom. The smallest absolute Gasteiger partial charge is 0.187 e. The molecule has 108 valence electrons. The number of hydrogen-bond acceptors (Lipinski definition) is 3. The summed E-state index contributed by atoms with van der Waals surface area (Å²) in [5, 5.41) is 7.70. The molecular formula is C14H18FN3OS. The normalized spacial score (nSPS) is 18.9. The zero-order valence-electron chi connectivity index (χ0n) is 11.4. The fourth-order valence-electron chi connectivity index (χ4n) is 1.94. The number of nitrogens with one attached hydrogen (secondary N) is 2. The Bertz CT molecular complexity index is 484. The number of halogens is 1. The van der Waals surface area contributed by atoms with Crippen LogP contribution in [0.4, 0.5) is 4.39 Å². The highest BCUT2D eigenvalue weighted by molar-refractivity contribution is 7.80. The molecule has 1 aliphatic heterocycles. The minimum Gasteiger partial charge on any atom is -0.376 e. The molecule has 0 aliphatic carbocycles. The molecule has 0 spiro atoms. The topological polar surface area (TPSA) is 45.7 Å². The first-order valence-corrected chi connectivity index (χ1v) is 7.01. The van der Waals surface area contributed by atoms with Gasteiger partial charge in [-0.1, -0.05) is 12.1 Å². The second kappa shape index (κ2) is 7.31. The van der Waals surface area contributed by atoms with Crippen LogP contribution in [0.25, 0.3) is 0 Å². The highest BCUT2D eigenvalue weighted by Gasteiger charge is 2.15. The van der Waals surface area contributed by atoms with Crippen LogP contribution in [-0.4, -0.2) is 30.1 Å². The number of rotatable bonds is 4. The molecule has 0 saturated carbocycles. The van der Waals surface area contributed by atoms with E-state index in [1.165, 1.54) is 12.1 Å². The van der Waals surface area contributed by atoms with E-state index in [-0.39, 0.29) is 11.9 Å². The van der Waals surface area contributed by atoms with Crippen molar-refractivity contribution in [2.45, 2.75) is 25.9 Å². The van der Waals surface area contributed by atoms with E-state index in [0.717, 1.165) is 30.7 Å². The summed E-state index contributed by atoms with van der Waals surface area (Å²) in [5.74, 6) is -0.261. The predicted molar refractivity (Wildman–Crippen MR) is 81.3 cm³/mol. The van der Waals surface area contributed by atoms with E-state index < -0.39 is 0 Å². The van der Waals surface area contributed by atoms with Crippen LogP contribution in [0.1, 0.15) is 25.3 Å². The van der Waals surface area contributed by atoms with Gasteiger partial charge in [0.2, 0.25) is 0 Å². The van der Waals surface area contributed by atoms with Gasteiger partial charge in [-0.15, -0.1) is 0 Å². The molecule has 1 saturated heterocycles. The largest absolute Gasteiger partial charge is 0.376 e. The van der Waals surface area contributed by atoms with Gasteiger partial charge in [0, 0.05) is 13.2 Å². The van der Waals surface area contributed by atoms with Crippen LogP contribution in [0.2, 0.25) is 0 Å². The fourth-order valence-corrected chi connectivity index (χ4v) is 2.07. The van der Waals surface area contributed by atoms with Crippen molar-refractivity contribution in [1.82, 2.24) is 10.7 Å². The van der Waals surface area contributed by atoms with Crippen molar-refractivity contribution < 1.29 is 9.13 Å². The zero-order chi connectivity index (χ0) is 14.4. The molecule has 20 heavy (non-hydrogen) atoms. The molecule has 0 aromatic heterocycles. The Morgan fingerprint density at radius 3 is 2.85 bits per heavy atom. The predicted octanol–water partition coefficient (Wildman–Crippen LogP) is 2.19. The average Bonchev–Trinajstić information content (AvgIpc) is 2.96. The van der Waals surface area contributed by atoms with Crippen LogP contribution >= 0.6 is 12.2 Å². The molecule has 1 atom stereocenters. The van der Waals surface area contributed by atoms with E-state index in [4.69, 9.17) is 17.0 Å². The number of ether oxygens (including phenoxy) is 1. The van der Waals surface area contributed by atoms with Crippen molar-refractivity contribution in [2.24, 2.45) is 5.10 Å². The lowest BCUT2D eigenvalue weighted by atomic mass is 10.1. The molecule has 1 aliphatic rings. The Morgan fingerprint density at radius 2 is 2.20 bits per heavy atom. The van der Waals surface area contributed by atoms with Crippen LogP contribution in [0, 0.1) is 5.82 Å². The molecule has 6 heteroatoms. The average molecular weight is 295 g/mol. The Kier molecular flexibility index (Phi) is 5.43. The highest BCUT2D eigenvalue weighted by atomic mass is 32.1. The SMILES string of the molecule is C/C(=N/NC(=S)NC[C@H]1CCCO1)c1ccc(F)cc1. The van der Waals surface area contributed by atoms with Crippen molar-refractivity contribution in [2.75, 3.05) is 13.2 Å². The molecule has 4 nitrogen and oxygen atoms in total. The van der Waals surface area contributed by atoms with Crippen molar-refractivity contribution in [3.05, 3.63) is 35.6 Å². The van der Waals surface area contributed by atoms with E-state index in [1.807, 2.05) is 6.92 Å². The first kappa shape index (κ1) is 14.9. The molecule has 0 unspecified atom stereocenters. The monoisotopic (exact) mass is 295 g/mol. The number of hydrazone groups is 1. The zero-order valence-corrected chi connectivity index (χ0v) is 12.2. The maximum absolute atomic E-state index is 12.8. The van der Waals surface area contributed by atoms with Crippen LogP contribution in [-0.2, 0) is 4.74 Å². The van der Waals surface area contributed by atoms with Crippen molar-refractivity contribution in [3.63, 3.8) is 0 Å². The third-order valence-corrected chi connectivity index (χ3v) is 3.34. The van der Waals surface area contributed by atoms with Crippen LogP contribution in [0.5, 0.6) is 0 Å². The van der Waals surface area contributed by atoms with Gasteiger partial charge in [0.15, 0.2) is 5.11 Å². The molecule has 0 radical (unpaired) electrons. The number of hydrogen-bond donors (Lipinski definition) is 2. The van der Waals surface area contributed by atoms with Crippen molar-refractivity contribution in [3.8, 4) is 0 Å². The number of benzene rings is 1. The molecule has 2 N–H and O–H groups in total. The molecule has 1 heterocycles. The van der Waals surface area contributed by atoms with E-state index >= 15 is 0 Å². The molecule has 1 aromatic rings. The summed E-state index contributed by atoms with van der Waals surface area (Å²) >= 11 is 5.13. The van der Waals surface area contributed by atoms with Gasteiger partial charge < -0.3 is 10.1 Å². The lowest BCUT2D eigenvalue weighted by Crippen LogP contribution is -2.37. The fraction of sp³-hybridized carbons (Fsp3) is 0.429. The number of thiocarbonyl (C=S) groups is 1. The van der Waals surface area contributed by atoms with Gasteiger partial charge in [0.1, 0.15) is 5.82 Å².